The molecule has 6 rings (SSSR count). The van der Waals surface area contributed by atoms with Crippen LogP contribution in [-0.2, 0) is 22.3 Å². The van der Waals surface area contributed by atoms with E-state index < -0.39 is 12.3 Å². The Hall–Kier alpha value is -5.10. The average Bonchev–Trinajstić information content (AvgIpc) is 3.15. The van der Waals surface area contributed by atoms with Crippen molar-refractivity contribution in [1.82, 2.24) is 0 Å². The Morgan fingerprint density at radius 3 is 1.20 bits per heavy atom. The quantitative estimate of drug-likeness (QED) is 0.0454. The fourth-order valence-electron chi connectivity index (χ4n) is 7.55. The lowest BCUT2D eigenvalue weighted by atomic mass is 9.84. The molecule has 0 aliphatic heterocycles. The molecule has 0 aliphatic carbocycles. The highest BCUT2D eigenvalue weighted by molar-refractivity contribution is 6.27. The molecule has 0 aromatic heterocycles. The van der Waals surface area contributed by atoms with E-state index >= 15 is 0 Å². The average molecular weight is 727 g/mol. The summed E-state index contributed by atoms with van der Waals surface area (Å²) >= 11 is 0. The van der Waals surface area contributed by atoms with E-state index in [-0.39, 0.29) is 12.2 Å². The molecule has 6 aromatic carbocycles. The lowest BCUT2D eigenvalue weighted by molar-refractivity contribution is 0.0725. The van der Waals surface area contributed by atoms with Gasteiger partial charge >= 0.3 is 12.3 Å². The van der Waals surface area contributed by atoms with Crippen molar-refractivity contribution < 1.29 is 28.5 Å². The first-order chi connectivity index (χ1) is 26.2. The van der Waals surface area contributed by atoms with Crippen LogP contribution in [0.5, 0.6) is 11.5 Å². The highest BCUT2D eigenvalue weighted by Crippen LogP contribution is 2.50. The molecule has 282 valence electrons. The standard InChI is InChI=1S/C48H54O6/c1-7-9-11-13-19-33-25-27-39-41(29-33)43(35-21-15-17-23-37(35)45(39)53-47(49)51-31(3)4)44-36-22-16-18-24-38(36)46(54-48(50)52-32(5)6)40-28-26-34(30-42(40)44)20-14-12-10-8-2/h15-18,21-32H,7-14,19-20H2,1-6H3. The largest absolute Gasteiger partial charge is 0.514 e. The molecule has 0 fully saturated rings. The van der Waals surface area contributed by atoms with Crippen LogP contribution in [0.15, 0.2) is 84.9 Å². The molecule has 0 saturated carbocycles. The zero-order valence-corrected chi connectivity index (χ0v) is 32.8. The predicted octanol–water partition coefficient (Wildman–Crippen LogP) is 14.1. The van der Waals surface area contributed by atoms with Crippen LogP contribution in [0.2, 0.25) is 0 Å². The van der Waals surface area contributed by atoms with Gasteiger partial charge in [-0.1, -0.05) is 137 Å². The maximum Gasteiger partial charge on any atom is 0.514 e. The first kappa shape index (κ1) is 38.6. The number of ether oxygens (including phenoxy) is 4. The third-order valence-corrected chi connectivity index (χ3v) is 10.0. The van der Waals surface area contributed by atoms with Gasteiger partial charge in [0.25, 0.3) is 0 Å². The summed E-state index contributed by atoms with van der Waals surface area (Å²) in [7, 11) is 0. The number of rotatable bonds is 15. The van der Waals surface area contributed by atoms with Crippen molar-refractivity contribution >= 4 is 55.4 Å². The van der Waals surface area contributed by atoms with Crippen LogP contribution < -0.4 is 9.47 Å². The molecular formula is C48H54O6. The van der Waals surface area contributed by atoms with Crippen LogP contribution in [0.25, 0.3) is 54.2 Å². The Morgan fingerprint density at radius 1 is 0.463 bits per heavy atom. The second-order valence-electron chi connectivity index (χ2n) is 14.9. The minimum Gasteiger partial charge on any atom is -0.431 e. The molecule has 0 saturated heterocycles. The Bertz CT molecular complexity index is 2110. The fraction of sp³-hybridized carbons (Fsp3) is 0.375. The second-order valence-corrected chi connectivity index (χ2v) is 14.9. The first-order valence-corrected chi connectivity index (χ1v) is 19.9. The topological polar surface area (TPSA) is 71.1 Å². The summed E-state index contributed by atoms with van der Waals surface area (Å²) in [4.78, 5) is 26.3. The molecule has 0 amide bonds. The molecule has 0 bridgehead atoms. The van der Waals surface area contributed by atoms with Gasteiger partial charge in [0, 0.05) is 21.5 Å². The summed E-state index contributed by atoms with van der Waals surface area (Å²) in [5.41, 5.74) is 4.54. The number of aryl methyl sites for hydroxylation is 2. The van der Waals surface area contributed by atoms with Gasteiger partial charge in [-0.15, -0.1) is 0 Å². The molecule has 6 heteroatoms. The number of carbonyl (C=O) groups is 2. The van der Waals surface area contributed by atoms with E-state index in [1.54, 1.807) is 0 Å². The summed E-state index contributed by atoms with van der Waals surface area (Å²) in [5.74, 6) is 0.961. The van der Waals surface area contributed by atoms with Crippen LogP contribution in [0.4, 0.5) is 9.59 Å². The molecule has 0 N–H and O–H groups in total. The van der Waals surface area contributed by atoms with Crippen LogP contribution in [0.3, 0.4) is 0 Å². The molecule has 0 atom stereocenters. The van der Waals surface area contributed by atoms with E-state index in [0.717, 1.165) is 79.9 Å². The van der Waals surface area contributed by atoms with E-state index in [1.165, 1.54) is 49.7 Å². The number of hydrogen-bond acceptors (Lipinski definition) is 6. The van der Waals surface area contributed by atoms with Gasteiger partial charge < -0.3 is 18.9 Å². The van der Waals surface area contributed by atoms with Crippen LogP contribution in [-0.4, -0.2) is 24.5 Å². The van der Waals surface area contributed by atoms with Crippen molar-refractivity contribution in [2.24, 2.45) is 0 Å². The highest BCUT2D eigenvalue weighted by Gasteiger charge is 2.25. The number of benzene rings is 6. The molecule has 6 aromatic rings. The number of carbonyl (C=O) groups excluding carboxylic acids is 2. The van der Waals surface area contributed by atoms with Crippen molar-refractivity contribution in [2.45, 2.75) is 118 Å². The Kier molecular flexibility index (Phi) is 12.7. The SMILES string of the molecule is CCCCCCc1ccc2c(OC(=O)OC(C)C)c3ccccc3c(-c3c4ccccc4c(OC(=O)OC(C)C)c4ccc(CCCCCC)cc34)c2c1. The lowest BCUT2D eigenvalue weighted by Crippen LogP contribution is -2.16. The molecule has 0 aliphatic rings. The van der Waals surface area contributed by atoms with Gasteiger partial charge in [-0.2, -0.15) is 0 Å². The maximum absolute atomic E-state index is 13.1. The van der Waals surface area contributed by atoms with Crippen molar-refractivity contribution in [3.63, 3.8) is 0 Å². The van der Waals surface area contributed by atoms with E-state index in [1.807, 2.05) is 64.1 Å². The maximum atomic E-state index is 13.1. The fourth-order valence-corrected chi connectivity index (χ4v) is 7.55. The smallest absolute Gasteiger partial charge is 0.431 e. The van der Waals surface area contributed by atoms with Crippen molar-refractivity contribution in [3.05, 3.63) is 96.1 Å². The summed E-state index contributed by atoms with van der Waals surface area (Å²) in [6, 6.07) is 29.3. The molecule has 0 spiro atoms. The van der Waals surface area contributed by atoms with Crippen LogP contribution in [0.1, 0.15) is 104 Å². The second kappa shape index (κ2) is 17.8. The third kappa shape index (κ3) is 8.65. The van der Waals surface area contributed by atoms with Crippen molar-refractivity contribution in [3.8, 4) is 22.6 Å². The lowest BCUT2D eigenvalue weighted by Gasteiger charge is -2.22. The zero-order valence-electron chi connectivity index (χ0n) is 32.8. The van der Waals surface area contributed by atoms with Gasteiger partial charge in [-0.3, -0.25) is 0 Å². The van der Waals surface area contributed by atoms with Gasteiger partial charge in [0.15, 0.2) is 0 Å². The first-order valence-electron chi connectivity index (χ1n) is 19.9. The van der Waals surface area contributed by atoms with Gasteiger partial charge in [-0.25, -0.2) is 9.59 Å². The van der Waals surface area contributed by atoms with Crippen LogP contribution >= 0.6 is 0 Å². The summed E-state index contributed by atoms with van der Waals surface area (Å²) in [5, 5.41) is 7.16. The molecule has 0 unspecified atom stereocenters. The van der Waals surface area contributed by atoms with Crippen LogP contribution in [0, 0.1) is 0 Å². The minimum absolute atomic E-state index is 0.323. The summed E-state index contributed by atoms with van der Waals surface area (Å²) in [6.07, 6.45) is 9.09. The number of hydrogen-bond donors (Lipinski definition) is 0. The Balaban J connectivity index is 1.71. The van der Waals surface area contributed by atoms with E-state index in [0.29, 0.717) is 11.5 Å². The number of fused-ring (bicyclic) bond motifs is 4. The van der Waals surface area contributed by atoms with Crippen molar-refractivity contribution in [1.29, 1.82) is 0 Å². The van der Waals surface area contributed by atoms with Gasteiger partial charge in [-0.05, 0) is 97.2 Å². The normalized spacial score (nSPS) is 11.6. The monoisotopic (exact) mass is 726 g/mol. The molecule has 6 nitrogen and oxygen atoms in total. The summed E-state index contributed by atoms with van der Waals surface area (Å²) < 4.78 is 23.2. The van der Waals surface area contributed by atoms with E-state index in [9.17, 15) is 9.59 Å². The van der Waals surface area contributed by atoms with Crippen molar-refractivity contribution in [2.75, 3.05) is 0 Å². The summed E-state index contributed by atoms with van der Waals surface area (Å²) in [6.45, 7) is 11.7. The van der Waals surface area contributed by atoms with E-state index in [2.05, 4.69) is 62.4 Å². The van der Waals surface area contributed by atoms with Gasteiger partial charge in [0.2, 0.25) is 0 Å². The van der Waals surface area contributed by atoms with Gasteiger partial charge in [0.05, 0.1) is 12.2 Å². The molecule has 0 heterocycles. The number of unbranched alkanes of at least 4 members (excludes halogenated alkanes) is 6. The molecule has 0 radical (unpaired) electrons. The Morgan fingerprint density at radius 2 is 0.833 bits per heavy atom. The highest BCUT2D eigenvalue weighted by atomic mass is 16.7. The van der Waals surface area contributed by atoms with E-state index in [4.69, 9.17) is 18.9 Å². The minimum atomic E-state index is -0.730. The third-order valence-electron chi connectivity index (χ3n) is 10.0. The Labute approximate surface area is 319 Å². The van der Waals surface area contributed by atoms with Gasteiger partial charge in [0.1, 0.15) is 11.5 Å². The molecular weight excluding hydrogens is 673 g/mol. The zero-order chi connectivity index (χ0) is 38.2. The predicted molar refractivity (Wildman–Crippen MR) is 222 cm³/mol. The molecule has 54 heavy (non-hydrogen) atoms.